The molecule has 0 radical (unpaired) electrons. The van der Waals surface area contributed by atoms with E-state index in [2.05, 4.69) is 16.8 Å². The van der Waals surface area contributed by atoms with Gasteiger partial charge < -0.3 is 9.88 Å². The van der Waals surface area contributed by atoms with Gasteiger partial charge in [0.25, 0.3) is 0 Å². The molecular weight excluding hydrogens is 381 g/mol. The van der Waals surface area contributed by atoms with Crippen LogP contribution < -0.4 is 5.69 Å². The Bertz CT molecular complexity index is 1090. The molecule has 1 fully saturated rings. The molecule has 1 saturated heterocycles. The molecule has 1 N–H and O–H groups in total. The topological polar surface area (TPSA) is 58.1 Å². The number of aromatic amines is 1. The third-order valence-corrected chi connectivity index (χ3v) is 6.08. The highest BCUT2D eigenvalue weighted by Gasteiger charge is 2.25. The SMILES string of the molecule is Cc1ccc(C(=O)C[C@@H](C)CN2CCC(n3c(=O)[nH]c4cc(F)ccc43)CC2)cc1. The summed E-state index contributed by atoms with van der Waals surface area (Å²) in [5, 5.41) is 0. The molecule has 1 aromatic heterocycles. The van der Waals surface area contributed by atoms with Crippen LogP contribution in [0.1, 0.15) is 48.1 Å². The second-order valence-electron chi connectivity index (χ2n) is 8.59. The normalized spacial score (nSPS) is 16.8. The van der Waals surface area contributed by atoms with Crippen molar-refractivity contribution in [3.05, 3.63) is 69.9 Å². The number of rotatable bonds is 6. The molecule has 1 atom stereocenters. The predicted molar refractivity (Wildman–Crippen MR) is 117 cm³/mol. The molecule has 0 aliphatic carbocycles. The molecule has 2 aromatic carbocycles. The first-order chi connectivity index (χ1) is 14.4. The standard InChI is InChI=1S/C24H28FN3O2/c1-16-3-5-18(6-4-16)23(29)13-17(2)15-27-11-9-20(10-12-27)28-22-8-7-19(25)14-21(22)26-24(28)30/h3-8,14,17,20H,9-13,15H2,1-2H3,(H,26,30)/t17-/m1/s1. The Balaban J connectivity index is 1.34. The first kappa shape index (κ1) is 20.5. The molecule has 0 bridgehead atoms. The van der Waals surface area contributed by atoms with Gasteiger partial charge in [0.05, 0.1) is 11.0 Å². The number of fused-ring (bicyclic) bond motifs is 1. The molecule has 0 spiro atoms. The smallest absolute Gasteiger partial charge is 0.305 e. The maximum absolute atomic E-state index is 13.4. The van der Waals surface area contributed by atoms with Crippen molar-refractivity contribution in [2.75, 3.05) is 19.6 Å². The molecule has 1 aliphatic rings. The van der Waals surface area contributed by atoms with E-state index in [1.807, 2.05) is 31.2 Å². The van der Waals surface area contributed by atoms with Crippen molar-refractivity contribution in [1.82, 2.24) is 14.5 Å². The lowest BCUT2D eigenvalue weighted by atomic mass is 9.97. The van der Waals surface area contributed by atoms with Gasteiger partial charge in [-0.2, -0.15) is 0 Å². The number of likely N-dealkylation sites (tertiary alicyclic amines) is 1. The number of piperidine rings is 1. The quantitative estimate of drug-likeness (QED) is 0.617. The van der Waals surface area contributed by atoms with Crippen molar-refractivity contribution in [3.8, 4) is 0 Å². The number of halogens is 1. The van der Waals surface area contributed by atoms with Crippen LogP contribution in [0.15, 0.2) is 47.3 Å². The van der Waals surface area contributed by atoms with Gasteiger partial charge in [-0.05, 0) is 43.9 Å². The second kappa shape index (κ2) is 8.56. The highest BCUT2D eigenvalue weighted by atomic mass is 19.1. The van der Waals surface area contributed by atoms with Gasteiger partial charge in [-0.1, -0.05) is 36.8 Å². The van der Waals surface area contributed by atoms with Gasteiger partial charge in [0.2, 0.25) is 0 Å². The monoisotopic (exact) mass is 409 g/mol. The number of aryl methyl sites for hydroxylation is 1. The van der Waals surface area contributed by atoms with Crippen molar-refractivity contribution in [2.24, 2.45) is 5.92 Å². The van der Waals surface area contributed by atoms with E-state index in [0.717, 1.165) is 49.1 Å². The Morgan fingerprint density at radius 3 is 2.57 bits per heavy atom. The van der Waals surface area contributed by atoms with E-state index in [0.29, 0.717) is 11.9 Å². The van der Waals surface area contributed by atoms with Gasteiger partial charge in [-0.3, -0.25) is 9.36 Å². The summed E-state index contributed by atoms with van der Waals surface area (Å²) < 4.78 is 15.2. The lowest BCUT2D eigenvalue weighted by molar-refractivity contribution is 0.0941. The number of Topliss-reactive ketones (excluding diaryl/α,β-unsaturated/α-hetero) is 1. The van der Waals surface area contributed by atoms with Crippen molar-refractivity contribution in [3.63, 3.8) is 0 Å². The van der Waals surface area contributed by atoms with Crippen molar-refractivity contribution in [1.29, 1.82) is 0 Å². The summed E-state index contributed by atoms with van der Waals surface area (Å²) in [6.07, 6.45) is 2.27. The van der Waals surface area contributed by atoms with Gasteiger partial charge >= 0.3 is 5.69 Å². The van der Waals surface area contributed by atoms with Crippen LogP contribution in [0.4, 0.5) is 4.39 Å². The van der Waals surface area contributed by atoms with Crippen LogP contribution in [-0.2, 0) is 0 Å². The van der Waals surface area contributed by atoms with Crippen molar-refractivity contribution >= 4 is 16.8 Å². The summed E-state index contributed by atoms with van der Waals surface area (Å²) in [6.45, 7) is 6.78. The highest BCUT2D eigenvalue weighted by Crippen LogP contribution is 2.26. The molecule has 5 nitrogen and oxygen atoms in total. The first-order valence-electron chi connectivity index (χ1n) is 10.6. The summed E-state index contributed by atoms with van der Waals surface area (Å²) in [7, 11) is 0. The second-order valence-corrected chi connectivity index (χ2v) is 8.59. The fourth-order valence-corrected chi connectivity index (χ4v) is 4.51. The molecule has 4 rings (SSSR count). The molecule has 0 unspecified atom stereocenters. The minimum Gasteiger partial charge on any atom is -0.305 e. The number of carbonyl (C=O) groups excluding carboxylic acids is 1. The third kappa shape index (κ3) is 4.38. The summed E-state index contributed by atoms with van der Waals surface area (Å²) in [5.74, 6) is 0.115. The van der Waals surface area contributed by atoms with Crippen LogP contribution in [0.2, 0.25) is 0 Å². The van der Waals surface area contributed by atoms with Gasteiger partial charge in [0, 0.05) is 37.7 Å². The summed E-state index contributed by atoms with van der Waals surface area (Å²) in [4.78, 5) is 30.1. The number of aromatic nitrogens is 2. The zero-order valence-corrected chi connectivity index (χ0v) is 17.5. The number of nitrogens with zero attached hydrogens (tertiary/aromatic N) is 2. The van der Waals surface area contributed by atoms with Gasteiger partial charge in [0.15, 0.2) is 5.78 Å². The van der Waals surface area contributed by atoms with E-state index in [9.17, 15) is 14.0 Å². The average molecular weight is 410 g/mol. The fourth-order valence-electron chi connectivity index (χ4n) is 4.51. The molecule has 1 aliphatic heterocycles. The molecule has 6 heteroatoms. The minimum absolute atomic E-state index is 0.109. The van der Waals surface area contributed by atoms with Crippen LogP contribution in [0.5, 0.6) is 0 Å². The summed E-state index contributed by atoms with van der Waals surface area (Å²) in [6, 6.07) is 12.3. The van der Waals surface area contributed by atoms with Crippen molar-refractivity contribution in [2.45, 2.75) is 39.2 Å². The highest BCUT2D eigenvalue weighted by molar-refractivity contribution is 5.96. The van der Waals surface area contributed by atoms with E-state index in [1.54, 1.807) is 10.6 Å². The first-order valence-corrected chi connectivity index (χ1v) is 10.6. The van der Waals surface area contributed by atoms with Crippen LogP contribution in [0, 0.1) is 18.7 Å². The molecule has 3 aromatic rings. The van der Waals surface area contributed by atoms with Crippen LogP contribution >= 0.6 is 0 Å². The minimum atomic E-state index is -0.347. The Morgan fingerprint density at radius 1 is 1.17 bits per heavy atom. The van der Waals surface area contributed by atoms with E-state index < -0.39 is 0 Å². The Labute approximate surface area is 175 Å². The summed E-state index contributed by atoms with van der Waals surface area (Å²) in [5.41, 5.74) is 3.07. The molecule has 0 saturated carbocycles. The lowest BCUT2D eigenvalue weighted by Crippen LogP contribution is -2.39. The molecule has 0 amide bonds. The Kier molecular flexibility index (Phi) is 5.86. The number of H-pyrrole nitrogens is 1. The predicted octanol–water partition coefficient (Wildman–Crippen LogP) is 4.32. The third-order valence-electron chi connectivity index (χ3n) is 6.08. The largest absolute Gasteiger partial charge is 0.326 e. The zero-order valence-electron chi connectivity index (χ0n) is 17.5. The Morgan fingerprint density at radius 2 is 1.87 bits per heavy atom. The number of carbonyl (C=O) groups is 1. The number of imidazole rings is 1. The van der Waals surface area contributed by atoms with E-state index in [1.165, 1.54) is 12.1 Å². The fraction of sp³-hybridized carbons (Fsp3) is 0.417. The average Bonchev–Trinajstić information content (AvgIpc) is 3.03. The van der Waals surface area contributed by atoms with Crippen LogP contribution in [-0.4, -0.2) is 39.9 Å². The van der Waals surface area contributed by atoms with E-state index in [4.69, 9.17) is 0 Å². The van der Waals surface area contributed by atoms with Gasteiger partial charge in [-0.25, -0.2) is 9.18 Å². The lowest BCUT2D eigenvalue weighted by Gasteiger charge is -2.34. The molecule has 2 heterocycles. The molecular formula is C24H28FN3O2. The number of benzene rings is 2. The summed E-state index contributed by atoms with van der Waals surface area (Å²) >= 11 is 0. The number of hydrogen-bond acceptors (Lipinski definition) is 3. The Hall–Kier alpha value is -2.73. The van der Waals surface area contributed by atoms with Crippen LogP contribution in [0.25, 0.3) is 11.0 Å². The van der Waals surface area contributed by atoms with Gasteiger partial charge in [-0.15, -0.1) is 0 Å². The van der Waals surface area contributed by atoms with Gasteiger partial charge in [0.1, 0.15) is 5.82 Å². The number of hydrogen-bond donors (Lipinski definition) is 1. The van der Waals surface area contributed by atoms with E-state index >= 15 is 0 Å². The number of nitrogens with one attached hydrogen (secondary N) is 1. The maximum Gasteiger partial charge on any atom is 0.326 e. The van der Waals surface area contributed by atoms with Crippen molar-refractivity contribution < 1.29 is 9.18 Å². The number of ketones is 1. The molecule has 158 valence electrons. The van der Waals surface area contributed by atoms with Crippen LogP contribution in [0.3, 0.4) is 0 Å². The van der Waals surface area contributed by atoms with E-state index in [-0.39, 0.29) is 29.2 Å². The zero-order chi connectivity index (χ0) is 21.3. The molecule has 30 heavy (non-hydrogen) atoms. The maximum atomic E-state index is 13.4.